The zero-order chi connectivity index (χ0) is 22.3. The Hall–Kier alpha value is -4.08. The Kier molecular flexibility index (Phi) is 6.49. The maximum absolute atomic E-state index is 13.0. The average Bonchev–Trinajstić information content (AvgIpc) is 3.48. The second-order valence-corrected chi connectivity index (χ2v) is 6.98. The van der Waals surface area contributed by atoms with Gasteiger partial charge in [-0.3, -0.25) is 9.89 Å². The van der Waals surface area contributed by atoms with Crippen molar-refractivity contribution in [1.29, 1.82) is 0 Å². The van der Waals surface area contributed by atoms with Gasteiger partial charge in [0.2, 0.25) is 17.6 Å². The third-order valence-electron chi connectivity index (χ3n) is 4.70. The molecule has 2 aromatic carbocycles. The SMILES string of the molecule is COc1ccc(-c2n[nH]c(CNC(=O)CCCc3nc(-c4ccc(F)cc4)no3)n2)cc1. The number of halogens is 1. The summed E-state index contributed by atoms with van der Waals surface area (Å²) in [7, 11) is 1.61. The van der Waals surface area contributed by atoms with Crippen LogP contribution in [0, 0.1) is 5.82 Å². The third-order valence-corrected chi connectivity index (χ3v) is 4.70. The predicted molar refractivity (Wildman–Crippen MR) is 113 cm³/mol. The van der Waals surface area contributed by atoms with E-state index in [0.717, 1.165) is 11.3 Å². The summed E-state index contributed by atoms with van der Waals surface area (Å²) in [6.07, 6.45) is 1.31. The van der Waals surface area contributed by atoms with Gasteiger partial charge in [-0.05, 0) is 55.0 Å². The number of aryl methyl sites for hydroxylation is 1. The minimum atomic E-state index is -0.328. The van der Waals surface area contributed by atoms with Crippen molar-refractivity contribution < 1.29 is 18.4 Å². The Balaban J connectivity index is 1.21. The van der Waals surface area contributed by atoms with E-state index >= 15 is 0 Å². The molecule has 4 rings (SSSR count). The van der Waals surface area contributed by atoms with Gasteiger partial charge in [0.1, 0.15) is 17.4 Å². The summed E-state index contributed by atoms with van der Waals surface area (Å²) >= 11 is 0. The molecule has 0 atom stereocenters. The van der Waals surface area contributed by atoms with Crippen molar-refractivity contribution in [3.8, 4) is 28.5 Å². The Morgan fingerprint density at radius 3 is 2.53 bits per heavy atom. The third kappa shape index (κ3) is 5.34. The fourth-order valence-electron chi connectivity index (χ4n) is 2.99. The maximum atomic E-state index is 13.0. The van der Waals surface area contributed by atoms with Crippen molar-refractivity contribution in [2.24, 2.45) is 0 Å². The number of carbonyl (C=O) groups is 1. The van der Waals surface area contributed by atoms with Crippen LogP contribution in [0.15, 0.2) is 53.1 Å². The second kappa shape index (κ2) is 9.82. The molecule has 0 aliphatic carbocycles. The molecule has 164 valence electrons. The van der Waals surface area contributed by atoms with Gasteiger partial charge < -0.3 is 14.6 Å². The summed E-state index contributed by atoms with van der Waals surface area (Å²) in [5, 5.41) is 13.7. The molecule has 0 aliphatic heterocycles. The van der Waals surface area contributed by atoms with Gasteiger partial charge in [-0.25, -0.2) is 9.37 Å². The smallest absolute Gasteiger partial charge is 0.226 e. The standard InChI is InChI=1S/C22H21FN6O3/c1-31-17-11-7-14(8-12-17)21-25-18(27-28-21)13-24-19(30)3-2-4-20-26-22(29-32-20)15-5-9-16(23)10-6-15/h5-12H,2-4,13H2,1H3,(H,24,30)(H,25,27,28). The summed E-state index contributed by atoms with van der Waals surface area (Å²) in [5.74, 6) is 2.23. The first-order valence-electron chi connectivity index (χ1n) is 10.0. The van der Waals surface area contributed by atoms with Crippen LogP contribution in [0.1, 0.15) is 24.6 Å². The molecule has 2 aromatic heterocycles. The highest BCUT2D eigenvalue weighted by molar-refractivity contribution is 5.75. The summed E-state index contributed by atoms with van der Waals surface area (Å²) in [5.41, 5.74) is 1.51. The van der Waals surface area contributed by atoms with Crippen LogP contribution < -0.4 is 10.1 Å². The number of nitrogens with zero attached hydrogens (tertiary/aromatic N) is 4. The van der Waals surface area contributed by atoms with Gasteiger partial charge >= 0.3 is 0 Å². The number of aromatic nitrogens is 5. The molecule has 0 saturated carbocycles. The normalized spacial score (nSPS) is 10.8. The number of ether oxygens (including phenoxy) is 1. The van der Waals surface area contributed by atoms with E-state index in [9.17, 15) is 9.18 Å². The highest BCUT2D eigenvalue weighted by atomic mass is 19.1. The van der Waals surface area contributed by atoms with Crippen LogP contribution in [-0.2, 0) is 17.8 Å². The van der Waals surface area contributed by atoms with E-state index in [4.69, 9.17) is 9.26 Å². The quantitative estimate of drug-likeness (QED) is 0.413. The first-order chi connectivity index (χ1) is 15.6. The molecule has 0 radical (unpaired) electrons. The Labute approximate surface area is 183 Å². The van der Waals surface area contributed by atoms with Gasteiger partial charge in [0, 0.05) is 24.0 Å². The van der Waals surface area contributed by atoms with Crippen LogP contribution in [-0.4, -0.2) is 38.3 Å². The topological polar surface area (TPSA) is 119 Å². The number of amides is 1. The number of hydrogen-bond donors (Lipinski definition) is 2. The van der Waals surface area contributed by atoms with Crippen LogP contribution in [0.4, 0.5) is 4.39 Å². The molecule has 0 aliphatic rings. The van der Waals surface area contributed by atoms with Crippen LogP contribution in [0.25, 0.3) is 22.8 Å². The summed E-state index contributed by atoms with van der Waals surface area (Å²) in [4.78, 5) is 20.8. The highest BCUT2D eigenvalue weighted by Gasteiger charge is 2.11. The van der Waals surface area contributed by atoms with Crippen LogP contribution in [0.5, 0.6) is 5.75 Å². The lowest BCUT2D eigenvalue weighted by molar-refractivity contribution is -0.121. The molecule has 1 amide bonds. The number of benzene rings is 2. The molecular formula is C22H21FN6O3. The van der Waals surface area contributed by atoms with Crippen molar-refractivity contribution in [1.82, 2.24) is 30.6 Å². The first kappa shape index (κ1) is 21.2. The van der Waals surface area contributed by atoms with E-state index in [1.54, 1.807) is 19.2 Å². The number of nitrogens with one attached hydrogen (secondary N) is 2. The van der Waals surface area contributed by atoms with Crippen molar-refractivity contribution in [2.75, 3.05) is 7.11 Å². The van der Waals surface area contributed by atoms with Crippen molar-refractivity contribution >= 4 is 5.91 Å². The van der Waals surface area contributed by atoms with E-state index in [2.05, 4.69) is 30.6 Å². The Morgan fingerprint density at radius 1 is 1.06 bits per heavy atom. The minimum absolute atomic E-state index is 0.120. The maximum Gasteiger partial charge on any atom is 0.226 e. The molecule has 32 heavy (non-hydrogen) atoms. The molecule has 4 aromatic rings. The lowest BCUT2D eigenvalue weighted by atomic mass is 10.2. The van der Waals surface area contributed by atoms with Gasteiger partial charge in [0.25, 0.3) is 0 Å². The van der Waals surface area contributed by atoms with E-state index in [1.807, 2.05) is 24.3 Å². The van der Waals surface area contributed by atoms with E-state index in [0.29, 0.717) is 48.2 Å². The predicted octanol–water partition coefficient (Wildman–Crippen LogP) is 3.31. The molecule has 0 fully saturated rings. The molecular weight excluding hydrogens is 415 g/mol. The van der Waals surface area contributed by atoms with Crippen LogP contribution in [0.3, 0.4) is 0 Å². The van der Waals surface area contributed by atoms with E-state index in [1.165, 1.54) is 12.1 Å². The van der Waals surface area contributed by atoms with Crippen molar-refractivity contribution in [3.05, 3.63) is 66.1 Å². The number of rotatable bonds is 9. The summed E-state index contributed by atoms with van der Waals surface area (Å²) < 4.78 is 23.4. The number of hydrogen-bond acceptors (Lipinski definition) is 7. The fraction of sp³-hybridized carbons (Fsp3) is 0.227. The number of H-pyrrole nitrogens is 1. The number of aromatic amines is 1. The van der Waals surface area contributed by atoms with E-state index in [-0.39, 0.29) is 18.3 Å². The molecule has 0 saturated heterocycles. The van der Waals surface area contributed by atoms with Crippen molar-refractivity contribution in [3.63, 3.8) is 0 Å². The first-order valence-corrected chi connectivity index (χ1v) is 10.0. The highest BCUT2D eigenvalue weighted by Crippen LogP contribution is 2.19. The van der Waals surface area contributed by atoms with E-state index < -0.39 is 0 Å². The van der Waals surface area contributed by atoms with Crippen LogP contribution in [0.2, 0.25) is 0 Å². The van der Waals surface area contributed by atoms with Crippen molar-refractivity contribution in [2.45, 2.75) is 25.8 Å². The lowest BCUT2D eigenvalue weighted by Crippen LogP contribution is -2.23. The van der Waals surface area contributed by atoms with Gasteiger partial charge in [0.05, 0.1) is 13.7 Å². The molecule has 0 unspecified atom stereocenters. The fourth-order valence-corrected chi connectivity index (χ4v) is 2.99. The number of carbonyl (C=O) groups excluding carboxylic acids is 1. The number of methoxy groups -OCH3 is 1. The average molecular weight is 436 g/mol. The summed E-state index contributed by atoms with van der Waals surface area (Å²) in [6.45, 7) is 0.247. The largest absolute Gasteiger partial charge is 0.497 e. The van der Waals surface area contributed by atoms with Gasteiger partial charge in [-0.1, -0.05) is 5.16 Å². The van der Waals surface area contributed by atoms with Gasteiger partial charge in [-0.15, -0.1) is 0 Å². The minimum Gasteiger partial charge on any atom is -0.497 e. The Bertz CT molecular complexity index is 1170. The summed E-state index contributed by atoms with van der Waals surface area (Å²) in [6, 6.07) is 13.2. The monoisotopic (exact) mass is 436 g/mol. The molecule has 2 heterocycles. The molecule has 9 nitrogen and oxygen atoms in total. The second-order valence-electron chi connectivity index (χ2n) is 6.98. The molecule has 0 spiro atoms. The molecule has 2 N–H and O–H groups in total. The lowest BCUT2D eigenvalue weighted by Gasteiger charge is -2.02. The van der Waals surface area contributed by atoms with Gasteiger partial charge in [-0.2, -0.15) is 10.1 Å². The zero-order valence-corrected chi connectivity index (χ0v) is 17.3. The zero-order valence-electron chi connectivity index (χ0n) is 17.3. The van der Waals surface area contributed by atoms with Crippen LogP contribution >= 0.6 is 0 Å². The molecule has 10 heteroatoms. The van der Waals surface area contributed by atoms with Gasteiger partial charge in [0.15, 0.2) is 5.82 Å². The Morgan fingerprint density at radius 2 is 1.78 bits per heavy atom. The molecule has 0 bridgehead atoms.